The number of aryl methyl sites for hydroxylation is 1. The maximum Gasteiger partial charge on any atom is 0.435 e. The van der Waals surface area contributed by atoms with Crippen LogP contribution in [-0.2, 0) is 6.18 Å². The summed E-state index contributed by atoms with van der Waals surface area (Å²) in [4.78, 5) is 10.9. The van der Waals surface area contributed by atoms with Crippen molar-refractivity contribution in [1.29, 1.82) is 0 Å². The summed E-state index contributed by atoms with van der Waals surface area (Å²) in [5, 5.41) is 3.49. The van der Waals surface area contributed by atoms with Crippen LogP contribution in [0.5, 0.6) is 0 Å². The lowest BCUT2D eigenvalue weighted by molar-refractivity contribution is -0.141. The van der Waals surface area contributed by atoms with E-state index in [1.165, 1.54) is 13.0 Å². The zero-order valence-corrected chi connectivity index (χ0v) is 9.40. The number of alkyl halides is 3. The molecule has 18 heavy (non-hydrogen) atoms. The Labute approximate surface area is 101 Å². The van der Waals surface area contributed by atoms with E-state index in [9.17, 15) is 18.0 Å². The summed E-state index contributed by atoms with van der Waals surface area (Å²) in [6.45, 7) is 1.50. The predicted octanol–water partition coefficient (Wildman–Crippen LogP) is 3.01. The molecule has 1 aromatic heterocycles. The van der Waals surface area contributed by atoms with E-state index in [-0.39, 0.29) is 5.56 Å². The van der Waals surface area contributed by atoms with Crippen molar-refractivity contribution in [3.05, 3.63) is 47.3 Å². The minimum atomic E-state index is -4.49. The molecule has 0 aliphatic heterocycles. The molecule has 6 heteroatoms. The first-order valence-corrected chi connectivity index (χ1v) is 5.12. The molecule has 0 aliphatic carbocycles. The van der Waals surface area contributed by atoms with E-state index >= 15 is 0 Å². The molecule has 94 valence electrons. The largest absolute Gasteiger partial charge is 0.435 e. The lowest BCUT2D eigenvalue weighted by Gasteiger charge is -2.06. The average molecular weight is 254 g/mol. The van der Waals surface area contributed by atoms with Gasteiger partial charge in [-0.05, 0) is 25.1 Å². The number of carbonyl (C=O) groups excluding carboxylic acids is 1. The Morgan fingerprint density at radius 1 is 1.28 bits per heavy atom. The molecule has 0 bridgehead atoms. The fourth-order valence-corrected chi connectivity index (χ4v) is 1.64. The Kier molecular flexibility index (Phi) is 2.94. The summed E-state index contributed by atoms with van der Waals surface area (Å²) in [7, 11) is 0. The minimum absolute atomic E-state index is 0.289. The number of nitrogens with zero attached hydrogens (tertiary/aromatic N) is 2. The van der Waals surface area contributed by atoms with Crippen LogP contribution in [-0.4, -0.2) is 16.1 Å². The van der Waals surface area contributed by atoms with E-state index in [0.717, 1.165) is 10.7 Å². The molecule has 0 amide bonds. The Hall–Kier alpha value is -2.11. The molecule has 0 aliphatic rings. The molecule has 0 N–H and O–H groups in total. The number of aromatic nitrogens is 2. The van der Waals surface area contributed by atoms with Crippen molar-refractivity contribution in [2.24, 2.45) is 0 Å². The summed E-state index contributed by atoms with van der Waals surface area (Å²) in [5.41, 5.74) is -0.0322. The zero-order chi connectivity index (χ0) is 13.3. The molecule has 0 unspecified atom stereocenters. The Morgan fingerprint density at radius 3 is 2.50 bits per heavy atom. The first-order valence-electron chi connectivity index (χ1n) is 5.12. The van der Waals surface area contributed by atoms with Crippen molar-refractivity contribution in [1.82, 2.24) is 9.78 Å². The molecule has 3 nitrogen and oxygen atoms in total. The first-order chi connectivity index (χ1) is 8.43. The number of rotatable bonds is 2. The van der Waals surface area contributed by atoms with Crippen molar-refractivity contribution in [3.8, 4) is 5.69 Å². The monoisotopic (exact) mass is 254 g/mol. The zero-order valence-electron chi connectivity index (χ0n) is 9.40. The number of halogens is 3. The predicted molar refractivity (Wildman–Crippen MR) is 58.7 cm³/mol. The second kappa shape index (κ2) is 4.29. The van der Waals surface area contributed by atoms with E-state index in [0.29, 0.717) is 17.7 Å². The van der Waals surface area contributed by atoms with Crippen LogP contribution in [0.3, 0.4) is 0 Å². The Bertz CT molecular complexity index is 587. The molecular formula is C12H9F3N2O. The maximum atomic E-state index is 12.5. The fraction of sp³-hybridized carbons (Fsp3) is 0.167. The fourth-order valence-electron chi connectivity index (χ4n) is 1.64. The lowest BCUT2D eigenvalue weighted by atomic mass is 10.2. The first kappa shape index (κ1) is 12.3. The van der Waals surface area contributed by atoms with E-state index < -0.39 is 11.9 Å². The second-order valence-corrected chi connectivity index (χ2v) is 3.76. The topological polar surface area (TPSA) is 34.9 Å². The highest BCUT2D eigenvalue weighted by molar-refractivity contribution is 5.80. The third-order valence-electron chi connectivity index (χ3n) is 2.47. The van der Waals surface area contributed by atoms with Gasteiger partial charge in [-0.25, -0.2) is 4.68 Å². The van der Waals surface area contributed by atoms with Gasteiger partial charge in [0.25, 0.3) is 0 Å². The molecule has 0 spiro atoms. The number of para-hydroxylation sites is 1. The van der Waals surface area contributed by atoms with Crippen LogP contribution in [0.4, 0.5) is 13.2 Å². The van der Waals surface area contributed by atoms with Crippen LogP contribution >= 0.6 is 0 Å². The molecule has 0 saturated carbocycles. The SMILES string of the molecule is Cc1cc(C(F)(F)F)nn1-c1ccccc1C=O. The van der Waals surface area contributed by atoms with E-state index in [1.807, 2.05) is 0 Å². The molecule has 2 rings (SSSR count). The highest BCUT2D eigenvalue weighted by Crippen LogP contribution is 2.29. The third-order valence-corrected chi connectivity index (χ3v) is 2.47. The highest BCUT2D eigenvalue weighted by Gasteiger charge is 2.34. The van der Waals surface area contributed by atoms with Crippen molar-refractivity contribution in [2.75, 3.05) is 0 Å². The number of hydrogen-bond acceptors (Lipinski definition) is 2. The molecular weight excluding hydrogens is 245 g/mol. The van der Waals surface area contributed by atoms with Crippen molar-refractivity contribution < 1.29 is 18.0 Å². The summed E-state index contributed by atoms with van der Waals surface area (Å²) in [6.07, 6.45) is -3.91. The number of benzene rings is 1. The molecule has 0 radical (unpaired) electrons. The highest BCUT2D eigenvalue weighted by atomic mass is 19.4. The van der Waals surface area contributed by atoms with Crippen molar-refractivity contribution in [3.63, 3.8) is 0 Å². The van der Waals surface area contributed by atoms with Crippen LogP contribution in [0, 0.1) is 6.92 Å². The van der Waals surface area contributed by atoms with Gasteiger partial charge in [-0.1, -0.05) is 12.1 Å². The quantitative estimate of drug-likeness (QED) is 0.772. The molecule has 1 aromatic carbocycles. The van der Waals surface area contributed by atoms with Crippen LogP contribution < -0.4 is 0 Å². The molecule has 0 saturated heterocycles. The summed E-state index contributed by atoms with van der Waals surface area (Å²) >= 11 is 0. The van der Waals surface area contributed by atoms with E-state index in [1.54, 1.807) is 18.2 Å². The van der Waals surface area contributed by atoms with Gasteiger partial charge in [0.15, 0.2) is 12.0 Å². The van der Waals surface area contributed by atoms with Gasteiger partial charge in [-0.15, -0.1) is 0 Å². The molecule has 2 aromatic rings. The van der Waals surface area contributed by atoms with Gasteiger partial charge in [-0.3, -0.25) is 4.79 Å². The van der Waals surface area contributed by atoms with Gasteiger partial charge < -0.3 is 0 Å². The number of hydrogen-bond donors (Lipinski definition) is 0. The van der Waals surface area contributed by atoms with Crippen molar-refractivity contribution in [2.45, 2.75) is 13.1 Å². The molecule has 1 heterocycles. The Balaban J connectivity index is 2.58. The van der Waals surface area contributed by atoms with Crippen LogP contribution in [0.2, 0.25) is 0 Å². The molecule has 0 atom stereocenters. The van der Waals surface area contributed by atoms with Gasteiger partial charge >= 0.3 is 6.18 Å². The number of aldehydes is 1. The van der Waals surface area contributed by atoms with Crippen molar-refractivity contribution >= 4 is 6.29 Å². The third kappa shape index (κ3) is 2.13. The van der Waals surface area contributed by atoms with Gasteiger partial charge in [0.1, 0.15) is 0 Å². The maximum absolute atomic E-state index is 12.5. The smallest absolute Gasteiger partial charge is 0.298 e. The van der Waals surface area contributed by atoms with Gasteiger partial charge in [0.05, 0.1) is 5.69 Å². The standard InChI is InChI=1S/C12H9F3N2O/c1-8-6-11(12(13,14)15)16-17(8)10-5-3-2-4-9(10)7-18/h2-7H,1H3. The van der Waals surface area contributed by atoms with E-state index in [4.69, 9.17) is 0 Å². The Morgan fingerprint density at radius 2 is 1.94 bits per heavy atom. The summed E-state index contributed by atoms with van der Waals surface area (Å²) < 4.78 is 38.7. The summed E-state index contributed by atoms with van der Waals surface area (Å²) in [6, 6.07) is 7.29. The normalized spacial score (nSPS) is 11.6. The van der Waals surface area contributed by atoms with Gasteiger partial charge in [-0.2, -0.15) is 18.3 Å². The summed E-state index contributed by atoms with van der Waals surface area (Å²) in [5.74, 6) is 0. The van der Waals surface area contributed by atoms with Crippen LogP contribution in [0.1, 0.15) is 21.7 Å². The molecule has 0 fully saturated rings. The van der Waals surface area contributed by atoms with E-state index in [2.05, 4.69) is 5.10 Å². The minimum Gasteiger partial charge on any atom is -0.298 e. The number of carbonyl (C=O) groups is 1. The van der Waals surface area contributed by atoms with Crippen LogP contribution in [0.25, 0.3) is 5.69 Å². The average Bonchev–Trinajstić information content (AvgIpc) is 2.71. The lowest BCUT2D eigenvalue weighted by Crippen LogP contribution is -2.08. The van der Waals surface area contributed by atoms with Crippen LogP contribution in [0.15, 0.2) is 30.3 Å². The second-order valence-electron chi connectivity index (χ2n) is 3.76. The van der Waals surface area contributed by atoms with Gasteiger partial charge in [0.2, 0.25) is 0 Å². The van der Waals surface area contributed by atoms with Gasteiger partial charge in [0, 0.05) is 11.3 Å².